The van der Waals surface area contributed by atoms with Crippen molar-refractivity contribution in [1.82, 2.24) is 9.97 Å². The number of aromatic amines is 1. The van der Waals surface area contributed by atoms with Crippen molar-refractivity contribution < 1.29 is 0 Å². The molecule has 0 aliphatic heterocycles. The molecule has 0 atom stereocenters. The van der Waals surface area contributed by atoms with Gasteiger partial charge in [0, 0.05) is 0 Å². The van der Waals surface area contributed by atoms with E-state index in [-0.39, 0.29) is 5.56 Å². The summed E-state index contributed by atoms with van der Waals surface area (Å²) in [5.41, 5.74) is 2.58. The maximum atomic E-state index is 11.9. The minimum atomic E-state index is -0.0917. The Balaban J connectivity index is 2.60. The molecule has 0 aliphatic carbocycles. The van der Waals surface area contributed by atoms with Gasteiger partial charge >= 0.3 is 0 Å². The Labute approximate surface area is 100 Å². The number of hydrogen-bond donors (Lipinski definition) is 1. The molecule has 0 spiro atoms. The van der Waals surface area contributed by atoms with Crippen molar-refractivity contribution in [2.45, 2.75) is 26.7 Å². The molecule has 3 nitrogen and oxygen atoms in total. The minimum Gasteiger partial charge on any atom is -0.306 e. The summed E-state index contributed by atoms with van der Waals surface area (Å²) in [5, 5.41) is 0.637. The van der Waals surface area contributed by atoms with Crippen molar-refractivity contribution >= 4 is 16.5 Å². The second-order valence-electron chi connectivity index (χ2n) is 4.29. The smallest absolute Gasteiger partial charge is 0.259 e. The van der Waals surface area contributed by atoms with E-state index in [0.29, 0.717) is 11.2 Å². The van der Waals surface area contributed by atoms with Gasteiger partial charge in [0.05, 0.1) is 10.9 Å². The van der Waals surface area contributed by atoms with Crippen LogP contribution in [0.25, 0.3) is 16.5 Å². The maximum Gasteiger partial charge on any atom is 0.259 e. The van der Waals surface area contributed by atoms with E-state index in [1.807, 2.05) is 25.1 Å². The minimum absolute atomic E-state index is 0.0917. The molecule has 2 aromatic rings. The number of nitrogens with zero attached hydrogens (tertiary/aromatic N) is 1. The topological polar surface area (TPSA) is 45.8 Å². The standard InChI is InChI=1S/C14H16N2O/c1-4-5-10(3)13-15-12-7-6-9(2)8-11(12)14(17)16-13/h6-8H,3-5H2,1-2H3,(H,15,16,17). The normalized spacial score (nSPS) is 10.7. The third-order valence-electron chi connectivity index (χ3n) is 2.75. The number of allylic oxidation sites excluding steroid dienone is 1. The van der Waals surface area contributed by atoms with Gasteiger partial charge in [-0.2, -0.15) is 0 Å². The summed E-state index contributed by atoms with van der Waals surface area (Å²) in [7, 11) is 0. The first-order valence-electron chi connectivity index (χ1n) is 5.80. The van der Waals surface area contributed by atoms with E-state index in [1.54, 1.807) is 0 Å². The summed E-state index contributed by atoms with van der Waals surface area (Å²) in [6.45, 7) is 7.99. The fourth-order valence-electron chi connectivity index (χ4n) is 1.84. The molecule has 1 N–H and O–H groups in total. The highest BCUT2D eigenvalue weighted by Gasteiger charge is 2.06. The second-order valence-corrected chi connectivity index (χ2v) is 4.29. The van der Waals surface area contributed by atoms with Gasteiger partial charge < -0.3 is 4.98 Å². The molecule has 0 fully saturated rings. The van der Waals surface area contributed by atoms with Crippen LogP contribution in [-0.2, 0) is 0 Å². The van der Waals surface area contributed by atoms with Crippen LogP contribution in [0.1, 0.15) is 31.2 Å². The number of aromatic nitrogens is 2. The van der Waals surface area contributed by atoms with Gasteiger partial charge in [0.15, 0.2) is 0 Å². The molecule has 2 rings (SSSR count). The van der Waals surface area contributed by atoms with E-state index in [9.17, 15) is 4.79 Å². The zero-order chi connectivity index (χ0) is 12.4. The van der Waals surface area contributed by atoms with E-state index in [1.165, 1.54) is 0 Å². The summed E-state index contributed by atoms with van der Waals surface area (Å²) >= 11 is 0. The summed E-state index contributed by atoms with van der Waals surface area (Å²) < 4.78 is 0. The molecule has 0 amide bonds. The number of benzene rings is 1. The zero-order valence-electron chi connectivity index (χ0n) is 10.2. The largest absolute Gasteiger partial charge is 0.306 e. The SMILES string of the molecule is C=C(CCC)c1nc2ccc(C)cc2c(=O)[nH]1. The quantitative estimate of drug-likeness (QED) is 0.877. The first-order valence-corrected chi connectivity index (χ1v) is 5.80. The third kappa shape index (κ3) is 2.28. The Morgan fingerprint density at radius 2 is 2.24 bits per heavy atom. The number of aryl methyl sites for hydroxylation is 1. The Morgan fingerprint density at radius 3 is 2.94 bits per heavy atom. The lowest BCUT2D eigenvalue weighted by Crippen LogP contribution is -2.11. The van der Waals surface area contributed by atoms with Crippen molar-refractivity contribution in [3.8, 4) is 0 Å². The van der Waals surface area contributed by atoms with Crippen molar-refractivity contribution in [1.29, 1.82) is 0 Å². The number of hydrogen-bond acceptors (Lipinski definition) is 2. The first kappa shape index (κ1) is 11.6. The molecule has 0 saturated heterocycles. The van der Waals surface area contributed by atoms with E-state index in [0.717, 1.165) is 29.5 Å². The van der Waals surface area contributed by atoms with Crippen molar-refractivity contribution in [3.05, 3.63) is 46.5 Å². The number of H-pyrrole nitrogens is 1. The molecular weight excluding hydrogens is 212 g/mol. The number of nitrogens with one attached hydrogen (secondary N) is 1. The highest BCUT2D eigenvalue weighted by molar-refractivity contribution is 5.79. The second kappa shape index (κ2) is 4.53. The monoisotopic (exact) mass is 228 g/mol. The molecular formula is C14H16N2O. The van der Waals surface area contributed by atoms with Crippen LogP contribution in [0, 0.1) is 6.92 Å². The van der Waals surface area contributed by atoms with Gasteiger partial charge in [0.1, 0.15) is 5.82 Å². The predicted octanol–water partition coefficient (Wildman–Crippen LogP) is 3.04. The van der Waals surface area contributed by atoms with Gasteiger partial charge in [-0.15, -0.1) is 0 Å². The molecule has 1 aromatic carbocycles. The average Bonchev–Trinajstić information content (AvgIpc) is 2.30. The zero-order valence-corrected chi connectivity index (χ0v) is 10.2. The van der Waals surface area contributed by atoms with Crippen LogP contribution in [0.2, 0.25) is 0 Å². The van der Waals surface area contributed by atoms with Crippen LogP contribution in [0.15, 0.2) is 29.6 Å². The molecule has 17 heavy (non-hydrogen) atoms. The number of rotatable bonds is 3. The molecule has 1 aromatic heterocycles. The van der Waals surface area contributed by atoms with Gasteiger partial charge in [-0.05, 0) is 31.1 Å². The van der Waals surface area contributed by atoms with Crippen molar-refractivity contribution in [2.24, 2.45) is 0 Å². The van der Waals surface area contributed by atoms with E-state index in [2.05, 4.69) is 23.5 Å². The average molecular weight is 228 g/mol. The highest BCUT2D eigenvalue weighted by atomic mass is 16.1. The first-order chi connectivity index (χ1) is 8.11. The summed E-state index contributed by atoms with van der Waals surface area (Å²) in [6, 6.07) is 5.69. The van der Waals surface area contributed by atoms with Crippen molar-refractivity contribution in [2.75, 3.05) is 0 Å². The lowest BCUT2D eigenvalue weighted by atomic mass is 10.1. The lowest BCUT2D eigenvalue weighted by Gasteiger charge is -2.05. The lowest BCUT2D eigenvalue weighted by molar-refractivity contribution is 0.952. The Hall–Kier alpha value is -1.90. The predicted molar refractivity (Wildman–Crippen MR) is 71.0 cm³/mol. The Morgan fingerprint density at radius 1 is 1.47 bits per heavy atom. The molecule has 0 aliphatic rings. The molecule has 3 heteroatoms. The van der Waals surface area contributed by atoms with Crippen LogP contribution in [-0.4, -0.2) is 9.97 Å². The Bertz CT molecular complexity index is 626. The molecule has 1 heterocycles. The molecule has 0 radical (unpaired) electrons. The van der Waals surface area contributed by atoms with Crippen LogP contribution >= 0.6 is 0 Å². The van der Waals surface area contributed by atoms with Gasteiger partial charge in [-0.3, -0.25) is 4.79 Å². The van der Waals surface area contributed by atoms with E-state index < -0.39 is 0 Å². The fraction of sp³-hybridized carbons (Fsp3) is 0.286. The van der Waals surface area contributed by atoms with Crippen LogP contribution in [0.3, 0.4) is 0 Å². The molecule has 0 bridgehead atoms. The van der Waals surface area contributed by atoms with E-state index >= 15 is 0 Å². The molecule has 88 valence electrons. The van der Waals surface area contributed by atoms with Crippen LogP contribution in [0.4, 0.5) is 0 Å². The van der Waals surface area contributed by atoms with Gasteiger partial charge in [0.25, 0.3) is 5.56 Å². The van der Waals surface area contributed by atoms with E-state index in [4.69, 9.17) is 0 Å². The Kier molecular flexibility index (Phi) is 3.09. The van der Waals surface area contributed by atoms with Gasteiger partial charge in [0.2, 0.25) is 0 Å². The van der Waals surface area contributed by atoms with Gasteiger partial charge in [-0.25, -0.2) is 4.98 Å². The van der Waals surface area contributed by atoms with Crippen LogP contribution in [0.5, 0.6) is 0 Å². The van der Waals surface area contributed by atoms with Crippen LogP contribution < -0.4 is 5.56 Å². The maximum absolute atomic E-state index is 11.9. The summed E-state index contributed by atoms with van der Waals surface area (Å²) in [4.78, 5) is 19.2. The summed E-state index contributed by atoms with van der Waals surface area (Å²) in [6.07, 6.45) is 1.84. The highest BCUT2D eigenvalue weighted by Crippen LogP contribution is 2.15. The fourth-order valence-corrected chi connectivity index (χ4v) is 1.84. The number of fused-ring (bicyclic) bond motifs is 1. The molecule has 0 saturated carbocycles. The van der Waals surface area contributed by atoms with Gasteiger partial charge in [-0.1, -0.05) is 31.6 Å². The third-order valence-corrected chi connectivity index (χ3v) is 2.75. The van der Waals surface area contributed by atoms with Crippen molar-refractivity contribution in [3.63, 3.8) is 0 Å². The molecule has 0 unspecified atom stereocenters. The summed E-state index contributed by atoms with van der Waals surface area (Å²) in [5.74, 6) is 0.605.